The second-order valence-corrected chi connectivity index (χ2v) is 8.29. The van der Waals surface area contributed by atoms with Crippen LogP contribution in [-0.4, -0.2) is 83.5 Å². The number of likely N-dealkylation sites (N-methyl/N-ethyl adjacent to an activating group) is 2. The SMILES string of the molecule is CN1C[C@@H](C(=O)N(C)Cc2ccccn2)O[C@@]2(CCN(C(=O)C3CC3)C2)C1. The van der Waals surface area contributed by atoms with E-state index in [0.717, 1.165) is 38.0 Å². The lowest BCUT2D eigenvalue weighted by molar-refractivity contribution is -0.175. The van der Waals surface area contributed by atoms with E-state index in [1.165, 1.54) is 0 Å². The molecule has 1 aliphatic carbocycles. The van der Waals surface area contributed by atoms with E-state index in [1.54, 1.807) is 18.1 Å². The molecule has 0 radical (unpaired) electrons. The zero-order valence-corrected chi connectivity index (χ0v) is 16.1. The van der Waals surface area contributed by atoms with Crippen LogP contribution in [0, 0.1) is 5.92 Å². The molecule has 3 heterocycles. The van der Waals surface area contributed by atoms with E-state index in [0.29, 0.717) is 19.6 Å². The Morgan fingerprint density at radius 1 is 1.33 bits per heavy atom. The third-order valence-electron chi connectivity index (χ3n) is 5.76. The van der Waals surface area contributed by atoms with Gasteiger partial charge in [0.25, 0.3) is 5.91 Å². The Labute approximate surface area is 160 Å². The van der Waals surface area contributed by atoms with Gasteiger partial charge in [-0.25, -0.2) is 0 Å². The van der Waals surface area contributed by atoms with Crippen molar-refractivity contribution in [3.8, 4) is 0 Å². The van der Waals surface area contributed by atoms with Crippen LogP contribution in [0.15, 0.2) is 24.4 Å². The zero-order valence-electron chi connectivity index (χ0n) is 16.1. The molecule has 3 fully saturated rings. The summed E-state index contributed by atoms with van der Waals surface area (Å²) in [4.78, 5) is 35.5. The summed E-state index contributed by atoms with van der Waals surface area (Å²) in [6.07, 6.45) is 4.06. The Bertz CT molecular complexity index is 708. The molecule has 1 aromatic rings. The van der Waals surface area contributed by atoms with Gasteiger partial charge in [-0.2, -0.15) is 0 Å². The maximum Gasteiger partial charge on any atom is 0.253 e. The number of nitrogens with zero attached hydrogens (tertiary/aromatic N) is 4. The zero-order chi connectivity index (χ0) is 19.0. The molecule has 4 rings (SSSR count). The molecule has 1 aromatic heterocycles. The number of ether oxygens (including phenoxy) is 1. The summed E-state index contributed by atoms with van der Waals surface area (Å²) in [7, 11) is 3.81. The first kappa shape index (κ1) is 18.4. The van der Waals surface area contributed by atoms with Crippen LogP contribution >= 0.6 is 0 Å². The first-order chi connectivity index (χ1) is 13.0. The van der Waals surface area contributed by atoms with Gasteiger partial charge in [0, 0.05) is 38.8 Å². The maximum absolute atomic E-state index is 13.0. The summed E-state index contributed by atoms with van der Waals surface area (Å²) in [6, 6.07) is 5.70. The standard InChI is InChI=1S/C20H28N4O3/c1-22-12-17(19(26)23(2)11-16-5-3-4-9-21-16)27-20(13-22)8-10-24(14-20)18(25)15-6-7-15/h3-5,9,15,17H,6-8,10-14H2,1-2H3/t17-,20-/m0/s1. The van der Waals surface area contributed by atoms with Gasteiger partial charge in [0.15, 0.2) is 0 Å². The number of morpholine rings is 1. The van der Waals surface area contributed by atoms with E-state index >= 15 is 0 Å². The number of hydrogen-bond donors (Lipinski definition) is 0. The first-order valence-corrected chi connectivity index (χ1v) is 9.76. The minimum absolute atomic E-state index is 0.0291. The molecule has 0 unspecified atom stereocenters. The first-order valence-electron chi connectivity index (χ1n) is 9.76. The predicted molar refractivity (Wildman–Crippen MR) is 99.7 cm³/mol. The molecule has 7 heteroatoms. The van der Waals surface area contributed by atoms with Crippen molar-refractivity contribution >= 4 is 11.8 Å². The number of carbonyl (C=O) groups is 2. The van der Waals surface area contributed by atoms with Crippen molar-refractivity contribution in [3.63, 3.8) is 0 Å². The molecule has 1 spiro atoms. The van der Waals surface area contributed by atoms with E-state index in [-0.39, 0.29) is 17.7 Å². The van der Waals surface area contributed by atoms with Gasteiger partial charge < -0.3 is 19.4 Å². The van der Waals surface area contributed by atoms with E-state index in [4.69, 9.17) is 4.74 Å². The van der Waals surface area contributed by atoms with Gasteiger partial charge in [0.2, 0.25) is 5.91 Å². The molecule has 2 saturated heterocycles. The van der Waals surface area contributed by atoms with Crippen molar-refractivity contribution in [1.82, 2.24) is 19.7 Å². The third kappa shape index (κ3) is 3.99. The Hall–Kier alpha value is -1.99. The van der Waals surface area contributed by atoms with Gasteiger partial charge in [-0.05, 0) is 38.4 Å². The quantitative estimate of drug-likeness (QED) is 0.780. The summed E-state index contributed by atoms with van der Waals surface area (Å²) < 4.78 is 6.36. The molecule has 3 aliphatic rings. The summed E-state index contributed by atoms with van der Waals surface area (Å²) in [6.45, 7) is 3.12. The minimum atomic E-state index is -0.506. The second kappa shape index (κ2) is 7.20. The van der Waals surface area contributed by atoms with Crippen molar-refractivity contribution in [2.75, 3.05) is 40.3 Å². The Morgan fingerprint density at radius 3 is 2.85 bits per heavy atom. The molecule has 2 amide bonds. The lowest BCUT2D eigenvalue weighted by atomic mass is 9.99. The van der Waals surface area contributed by atoms with Crippen molar-refractivity contribution in [1.29, 1.82) is 0 Å². The van der Waals surface area contributed by atoms with Crippen molar-refractivity contribution in [3.05, 3.63) is 30.1 Å². The second-order valence-electron chi connectivity index (χ2n) is 8.29. The van der Waals surface area contributed by atoms with Crippen LogP contribution in [-0.2, 0) is 20.9 Å². The average Bonchev–Trinajstić information content (AvgIpc) is 3.43. The smallest absolute Gasteiger partial charge is 0.253 e. The fourth-order valence-electron chi connectivity index (χ4n) is 4.25. The monoisotopic (exact) mass is 372 g/mol. The van der Waals surface area contributed by atoms with Crippen LogP contribution in [0.5, 0.6) is 0 Å². The molecule has 1 saturated carbocycles. The van der Waals surface area contributed by atoms with Crippen LogP contribution in [0.1, 0.15) is 25.0 Å². The maximum atomic E-state index is 13.0. The highest BCUT2D eigenvalue weighted by Crippen LogP contribution is 2.36. The third-order valence-corrected chi connectivity index (χ3v) is 5.76. The summed E-state index contributed by atoms with van der Waals surface area (Å²) in [5, 5.41) is 0. The summed E-state index contributed by atoms with van der Waals surface area (Å²) in [5.74, 6) is 0.459. The average molecular weight is 372 g/mol. The lowest BCUT2D eigenvalue weighted by Gasteiger charge is -2.43. The Morgan fingerprint density at radius 2 is 2.15 bits per heavy atom. The molecule has 146 valence electrons. The van der Waals surface area contributed by atoms with Gasteiger partial charge in [-0.15, -0.1) is 0 Å². The van der Waals surface area contributed by atoms with Crippen LogP contribution in [0.3, 0.4) is 0 Å². The van der Waals surface area contributed by atoms with E-state index in [1.807, 2.05) is 30.1 Å². The highest BCUT2D eigenvalue weighted by atomic mass is 16.5. The number of rotatable bonds is 4. The highest BCUT2D eigenvalue weighted by Gasteiger charge is 2.49. The minimum Gasteiger partial charge on any atom is -0.357 e. The normalized spacial score (nSPS) is 28.5. The highest BCUT2D eigenvalue weighted by molar-refractivity contribution is 5.82. The van der Waals surface area contributed by atoms with Crippen molar-refractivity contribution < 1.29 is 14.3 Å². The van der Waals surface area contributed by atoms with Gasteiger partial charge >= 0.3 is 0 Å². The van der Waals surface area contributed by atoms with Crippen LogP contribution in [0.25, 0.3) is 0 Å². The van der Waals surface area contributed by atoms with Gasteiger partial charge in [0.1, 0.15) is 11.7 Å². The number of hydrogen-bond acceptors (Lipinski definition) is 5. The lowest BCUT2D eigenvalue weighted by Crippen LogP contribution is -2.59. The summed E-state index contributed by atoms with van der Waals surface area (Å²) in [5.41, 5.74) is 0.429. The number of aromatic nitrogens is 1. The van der Waals surface area contributed by atoms with Gasteiger partial charge in [-0.3, -0.25) is 14.6 Å². The molecule has 2 aliphatic heterocycles. The number of carbonyl (C=O) groups excluding carboxylic acids is 2. The van der Waals surface area contributed by atoms with E-state index in [9.17, 15) is 9.59 Å². The van der Waals surface area contributed by atoms with E-state index in [2.05, 4.69) is 9.88 Å². The number of amides is 2. The molecule has 27 heavy (non-hydrogen) atoms. The Kier molecular flexibility index (Phi) is 4.90. The van der Waals surface area contributed by atoms with Gasteiger partial charge in [-0.1, -0.05) is 6.07 Å². The topological polar surface area (TPSA) is 66.0 Å². The molecular formula is C20H28N4O3. The summed E-state index contributed by atoms with van der Waals surface area (Å²) >= 11 is 0. The molecule has 7 nitrogen and oxygen atoms in total. The molecule has 0 bridgehead atoms. The fourth-order valence-corrected chi connectivity index (χ4v) is 4.25. The number of pyridine rings is 1. The molecule has 0 aromatic carbocycles. The molecule has 2 atom stereocenters. The predicted octanol–water partition coefficient (Wildman–Crippen LogP) is 0.752. The Balaban J connectivity index is 1.41. The fraction of sp³-hybridized carbons (Fsp3) is 0.650. The van der Waals surface area contributed by atoms with E-state index < -0.39 is 11.7 Å². The molecular weight excluding hydrogens is 344 g/mol. The van der Waals surface area contributed by atoms with Crippen LogP contribution in [0.2, 0.25) is 0 Å². The van der Waals surface area contributed by atoms with Crippen molar-refractivity contribution in [2.45, 2.75) is 37.5 Å². The van der Waals surface area contributed by atoms with Crippen molar-refractivity contribution in [2.24, 2.45) is 5.92 Å². The van der Waals surface area contributed by atoms with Crippen LogP contribution in [0.4, 0.5) is 0 Å². The molecule has 0 N–H and O–H groups in total. The largest absolute Gasteiger partial charge is 0.357 e. The number of likely N-dealkylation sites (tertiary alicyclic amines) is 1. The van der Waals surface area contributed by atoms with Gasteiger partial charge in [0.05, 0.1) is 18.8 Å². The van der Waals surface area contributed by atoms with Crippen LogP contribution < -0.4 is 0 Å².